The van der Waals surface area contributed by atoms with Crippen molar-refractivity contribution in [1.82, 2.24) is 9.13 Å². The third kappa shape index (κ3) is 4.61. The lowest BCUT2D eigenvalue weighted by molar-refractivity contribution is -0.116. The molecular formula is C21H21N3O3. The highest BCUT2D eigenvalue weighted by Gasteiger charge is 2.09. The molecule has 0 bridgehead atoms. The summed E-state index contributed by atoms with van der Waals surface area (Å²) in [6, 6.07) is 15.1. The van der Waals surface area contributed by atoms with E-state index in [1.165, 1.54) is 17.0 Å². The highest BCUT2D eigenvalue weighted by molar-refractivity contribution is 5.90. The standard InChI is InChI=1S/C21H21N3O3/c1-15-3-7-17(8-4-15)13-23-11-12-24(21(27)20(23)26)14-19(25)22-18-9-5-16(2)6-10-18/h3-12H,13-14H2,1-2H3,(H,22,25). The van der Waals surface area contributed by atoms with Gasteiger partial charge in [-0.15, -0.1) is 0 Å². The molecule has 0 saturated heterocycles. The zero-order valence-corrected chi connectivity index (χ0v) is 15.3. The summed E-state index contributed by atoms with van der Waals surface area (Å²) in [5, 5.41) is 2.72. The second-order valence-electron chi connectivity index (χ2n) is 6.56. The van der Waals surface area contributed by atoms with Gasteiger partial charge in [-0.3, -0.25) is 19.0 Å². The van der Waals surface area contributed by atoms with Crippen LogP contribution >= 0.6 is 0 Å². The molecule has 0 fully saturated rings. The van der Waals surface area contributed by atoms with Gasteiger partial charge in [-0.05, 0) is 31.5 Å². The number of nitrogens with one attached hydrogen (secondary N) is 1. The first-order valence-corrected chi connectivity index (χ1v) is 8.64. The number of carbonyl (C=O) groups excluding carboxylic acids is 1. The fourth-order valence-electron chi connectivity index (χ4n) is 2.67. The molecule has 138 valence electrons. The summed E-state index contributed by atoms with van der Waals surface area (Å²) in [7, 11) is 0. The van der Waals surface area contributed by atoms with Gasteiger partial charge < -0.3 is 9.88 Å². The van der Waals surface area contributed by atoms with Crippen molar-refractivity contribution in [3.05, 3.63) is 98.3 Å². The molecule has 1 heterocycles. The SMILES string of the molecule is Cc1ccc(Cn2ccn(CC(=O)Nc3ccc(C)cc3)c(=O)c2=O)cc1. The molecule has 0 atom stereocenters. The van der Waals surface area contributed by atoms with Gasteiger partial charge in [0.25, 0.3) is 0 Å². The van der Waals surface area contributed by atoms with E-state index < -0.39 is 11.1 Å². The van der Waals surface area contributed by atoms with Gasteiger partial charge in [0.15, 0.2) is 0 Å². The largest absolute Gasteiger partial charge is 0.325 e. The van der Waals surface area contributed by atoms with E-state index in [9.17, 15) is 14.4 Å². The number of hydrogen-bond donors (Lipinski definition) is 1. The van der Waals surface area contributed by atoms with E-state index in [0.29, 0.717) is 12.2 Å². The van der Waals surface area contributed by atoms with E-state index in [1.807, 2.05) is 50.2 Å². The van der Waals surface area contributed by atoms with Crippen LogP contribution in [0.5, 0.6) is 0 Å². The third-order valence-electron chi connectivity index (χ3n) is 4.25. The van der Waals surface area contributed by atoms with E-state index >= 15 is 0 Å². The Kier molecular flexibility index (Phi) is 5.35. The molecule has 0 aliphatic rings. The summed E-state index contributed by atoms with van der Waals surface area (Å²) >= 11 is 0. The minimum atomic E-state index is -0.719. The van der Waals surface area contributed by atoms with Crippen LogP contribution in [0.1, 0.15) is 16.7 Å². The van der Waals surface area contributed by atoms with Crippen molar-refractivity contribution < 1.29 is 4.79 Å². The maximum absolute atomic E-state index is 12.3. The molecule has 2 aromatic carbocycles. The van der Waals surface area contributed by atoms with Crippen molar-refractivity contribution in [2.75, 3.05) is 5.32 Å². The van der Waals surface area contributed by atoms with Gasteiger partial charge in [-0.25, -0.2) is 0 Å². The molecule has 1 amide bonds. The third-order valence-corrected chi connectivity index (χ3v) is 4.25. The summed E-state index contributed by atoms with van der Waals surface area (Å²) in [5.74, 6) is -0.364. The van der Waals surface area contributed by atoms with E-state index in [2.05, 4.69) is 5.32 Å². The fraction of sp³-hybridized carbons (Fsp3) is 0.190. The minimum Gasteiger partial charge on any atom is -0.325 e. The average molecular weight is 363 g/mol. The van der Waals surface area contributed by atoms with Gasteiger partial charge in [0.2, 0.25) is 5.91 Å². The molecule has 1 N–H and O–H groups in total. The number of benzene rings is 2. The number of amides is 1. The molecule has 0 unspecified atom stereocenters. The molecule has 6 heteroatoms. The summed E-state index contributed by atoms with van der Waals surface area (Å²) in [5.41, 5.74) is 2.41. The molecule has 0 spiro atoms. The lowest BCUT2D eigenvalue weighted by atomic mass is 10.1. The van der Waals surface area contributed by atoms with Crippen LogP contribution in [-0.2, 0) is 17.9 Å². The molecule has 27 heavy (non-hydrogen) atoms. The summed E-state index contributed by atoms with van der Waals surface area (Å²) < 4.78 is 2.47. The average Bonchev–Trinajstić information content (AvgIpc) is 2.65. The van der Waals surface area contributed by atoms with Crippen LogP contribution in [0.2, 0.25) is 0 Å². The Balaban J connectivity index is 1.73. The fourth-order valence-corrected chi connectivity index (χ4v) is 2.67. The van der Waals surface area contributed by atoms with Crippen LogP contribution in [0.3, 0.4) is 0 Å². The molecule has 6 nitrogen and oxygen atoms in total. The van der Waals surface area contributed by atoms with Gasteiger partial charge in [-0.1, -0.05) is 47.5 Å². The zero-order chi connectivity index (χ0) is 19.4. The van der Waals surface area contributed by atoms with Crippen molar-refractivity contribution in [3.8, 4) is 0 Å². The topological polar surface area (TPSA) is 73.1 Å². The van der Waals surface area contributed by atoms with Gasteiger partial charge in [0.05, 0.1) is 6.54 Å². The normalized spacial score (nSPS) is 10.6. The highest BCUT2D eigenvalue weighted by atomic mass is 16.2. The number of aromatic nitrogens is 2. The van der Waals surface area contributed by atoms with Crippen LogP contribution in [0.4, 0.5) is 5.69 Å². The number of hydrogen-bond acceptors (Lipinski definition) is 3. The van der Waals surface area contributed by atoms with E-state index in [1.54, 1.807) is 12.1 Å². The maximum atomic E-state index is 12.3. The summed E-state index contributed by atoms with van der Waals surface area (Å²) in [6.45, 7) is 4.04. The predicted octanol–water partition coefficient (Wildman–Crippen LogP) is 2.31. The van der Waals surface area contributed by atoms with Crippen molar-refractivity contribution >= 4 is 11.6 Å². The number of carbonyl (C=O) groups is 1. The smallest absolute Gasteiger partial charge is 0.316 e. The van der Waals surface area contributed by atoms with E-state index in [0.717, 1.165) is 21.3 Å². The Bertz CT molecular complexity index is 1060. The molecule has 3 aromatic rings. The Morgan fingerprint density at radius 3 is 1.96 bits per heavy atom. The van der Waals surface area contributed by atoms with Crippen LogP contribution in [0.15, 0.2) is 70.5 Å². The summed E-state index contributed by atoms with van der Waals surface area (Å²) in [6.07, 6.45) is 3.00. The van der Waals surface area contributed by atoms with Crippen LogP contribution in [-0.4, -0.2) is 15.0 Å². The summed E-state index contributed by atoms with van der Waals surface area (Å²) in [4.78, 5) is 36.8. The van der Waals surface area contributed by atoms with Gasteiger partial charge in [0, 0.05) is 18.1 Å². The molecule has 0 saturated carbocycles. The molecule has 1 aromatic heterocycles. The highest BCUT2D eigenvalue weighted by Crippen LogP contribution is 2.08. The lowest BCUT2D eigenvalue weighted by Crippen LogP contribution is -2.42. The second kappa shape index (κ2) is 7.86. The minimum absolute atomic E-state index is 0.215. The number of rotatable bonds is 5. The van der Waals surface area contributed by atoms with Crippen LogP contribution in [0, 0.1) is 13.8 Å². The van der Waals surface area contributed by atoms with Crippen molar-refractivity contribution in [3.63, 3.8) is 0 Å². The number of anilines is 1. The second-order valence-corrected chi connectivity index (χ2v) is 6.56. The van der Waals surface area contributed by atoms with Gasteiger partial charge in [0.1, 0.15) is 6.54 Å². The van der Waals surface area contributed by atoms with Crippen molar-refractivity contribution in [2.45, 2.75) is 26.9 Å². The molecular weight excluding hydrogens is 342 g/mol. The van der Waals surface area contributed by atoms with Crippen molar-refractivity contribution in [2.24, 2.45) is 0 Å². The predicted molar refractivity (Wildman–Crippen MR) is 105 cm³/mol. The van der Waals surface area contributed by atoms with Crippen LogP contribution in [0.25, 0.3) is 0 Å². The molecule has 0 radical (unpaired) electrons. The Morgan fingerprint density at radius 2 is 1.33 bits per heavy atom. The zero-order valence-electron chi connectivity index (χ0n) is 15.3. The Hall–Kier alpha value is -3.41. The van der Waals surface area contributed by atoms with E-state index in [4.69, 9.17) is 0 Å². The number of aryl methyl sites for hydroxylation is 2. The Morgan fingerprint density at radius 1 is 0.815 bits per heavy atom. The Labute approximate surface area is 156 Å². The van der Waals surface area contributed by atoms with Gasteiger partial charge >= 0.3 is 11.1 Å². The molecule has 0 aliphatic carbocycles. The van der Waals surface area contributed by atoms with Gasteiger partial charge in [-0.2, -0.15) is 0 Å². The first-order chi connectivity index (χ1) is 12.9. The van der Waals surface area contributed by atoms with Crippen molar-refractivity contribution in [1.29, 1.82) is 0 Å². The first kappa shape index (κ1) is 18.4. The monoisotopic (exact) mass is 363 g/mol. The molecule has 3 rings (SSSR count). The van der Waals surface area contributed by atoms with Crippen LogP contribution < -0.4 is 16.4 Å². The van der Waals surface area contributed by atoms with E-state index in [-0.39, 0.29) is 12.5 Å². The number of nitrogens with zero attached hydrogens (tertiary/aromatic N) is 2. The molecule has 0 aliphatic heterocycles. The lowest BCUT2D eigenvalue weighted by Gasteiger charge is -2.10. The maximum Gasteiger partial charge on any atom is 0.316 e. The first-order valence-electron chi connectivity index (χ1n) is 8.64. The quantitative estimate of drug-likeness (QED) is 0.707.